The number of nitrogens with one attached hydrogen (secondary N) is 1. The lowest BCUT2D eigenvalue weighted by Crippen LogP contribution is -2.22. The van der Waals surface area contributed by atoms with Crippen molar-refractivity contribution < 1.29 is 13.6 Å². The number of hydrogen-bond acceptors (Lipinski definition) is 4. The van der Waals surface area contributed by atoms with Crippen LogP contribution in [-0.4, -0.2) is 16.1 Å². The number of benzene rings is 1. The molecule has 2 rings (SSSR count). The van der Waals surface area contributed by atoms with Crippen molar-refractivity contribution in [3.63, 3.8) is 0 Å². The second-order valence-electron chi connectivity index (χ2n) is 4.37. The largest absolute Gasteiger partial charge is 0.325 e. The standard InChI is InChI=1S/C15H11F2N3OS/c1-9(22-14-6-10(8-18)4-5-19-14)15(21)20-11-2-3-12(16)13(17)7-11/h2-7,9H,1H3,(H,20,21). The topological polar surface area (TPSA) is 65.8 Å². The van der Waals surface area contributed by atoms with Crippen molar-refractivity contribution in [2.45, 2.75) is 17.2 Å². The second kappa shape index (κ2) is 7.00. The highest BCUT2D eigenvalue weighted by Gasteiger charge is 2.16. The summed E-state index contributed by atoms with van der Waals surface area (Å²) in [6.07, 6.45) is 1.49. The zero-order valence-electron chi connectivity index (χ0n) is 11.5. The number of amides is 1. The van der Waals surface area contributed by atoms with Gasteiger partial charge in [0.2, 0.25) is 5.91 Å². The van der Waals surface area contributed by atoms with Crippen molar-refractivity contribution in [3.05, 3.63) is 53.7 Å². The first-order valence-electron chi connectivity index (χ1n) is 6.28. The fourth-order valence-corrected chi connectivity index (χ4v) is 2.44. The van der Waals surface area contributed by atoms with E-state index in [2.05, 4.69) is 10.3 Å². The number of carbonyl (C=O) groups excluding carboxylic acids is 1. The lowest BCUT2D eigenvalue weighted by atomic mass is 10.3. The number of nitrogens with zero attached hydrogens (tertiary/aromatic N) is 2. The predicted molar refractivity (Wildman–Crippen MR) is 79.3 cm³/mol. The van der Waals surface area contributed by atoms with E-state index in [1.54, 1.807) is 19.1 Å². The lowest BCUT2D eigenvalue weighted by Gasteiger charge is -2.11. The van der Waals surface area contributed by atoms with E-state index in [0.717, 1.165) is 12.1 Å². The number of anilines is 1. The van der Waals surface area contributed by atoms with E-state index in [4.69, 9.17) is 5.26 Å². The van der Waals surface area contributed by atoms with Gasteiger partial charge in [0, 0.05) is 18.0 Å². The van der Waals surface area contributed by atoms with Crippen LogP contribution in [0.5, 0.6) is 0 Å². The normalized spacial score (nSPS) is 11.5. The Kier molecular flexibility index (Phi) is 5.07. The third-order valence-electron chi connectivity index (χ3n) is 2.72. The Morgan fingerprint density at radius 2 is 2.09 bits per heavy atom. The third kappa shape index (κ3) is 4.02. The summed E-state index contributed by atoms with van der Waals surface area (Å²) in [4.78, 5) is 16.1. The van der Waals surface area contributed by atoms with E-state index in [1.165, 1.54) is 24.0 Å². The van der Waals surface area contributed by atoms with Gasteiger partial charge in [-0.05, 0) is 31.2 Å². The summed E-state index contributed by atoms with van der Waals surface area (Å²) in [6.45, 7) is 1.65. The summed E-state index contributed by atoms with van der Waals surface area (Å²) in [7, 11) is 0. The highest BCUT2D eigenvalue weighted by Crippen LogP contribution is 2.23. The first-order valence-corrected chi connectivity index (χ1v) is 7.16. The smallest absolute Gasteiger partial charge is 0.237 e. The molecule has 1 amide bonds. The van der Waals surface area contributed by atoms with Crippen molar-refractivity contribution in [1.82, 2.24) is 4.98 Å². The molecule has 0 radical (unpaired) electrons. The Hall–Kier alpha value is -2.46. The molecule has 0 saturated carbocycles. The Bertz CT molecular complexity index is 746. The summed E-state index contributed by atoms with van der Waals surface area (Å²) in [5, 5.41) is 11.3. The van der Waals surface area contributed by atoms with Crippen molar-refractivity contribution in [3.8, 4) is 6.07 Å². The van der Waals surface area contributed by atoms with E-state index in [1.807, 2.05) is 6.07 Å². The zero-order valence-corrected chi connectivity index (χ0v) is 12.3. The van der Waals surface area contributed by atoms with Gasteiger partial charge in [-0.25, -0.2) is 13.8 Å². The van der Waals surface area contributed by atoms with Crippen molar-refractivity contribution >= 4 is 23.4 Å². The Morgan fingerprint density at radius 3 is 2.77 bits per heavy atom. The van der Waals surface area contributed by atoms with Crippen molar-refractivity contribution in [2.24, 2.45) is 0 Å². The van der Waals surface area contributed by atoms with E-state index >= 15 is 0 Å². The van der Waals surface area contributed by atoms with Crippen LogP contribution in [0, 0.1) is 23.0 Å². The summed E-state index contributed by atoms with van der Waals surface area (Å²) < 4.78 is 25.9. The molecule has 2 aromatic rings. The maximum absolute atomic E-state index is 13.1. The molecule has 7 heteroatoms. The molecule has 1 N–H and O–H groups in total. The van der Waals surface area contributed by atoms with Gasteiger partial charge in [0.1, 0.15) is 0 Å². The van der Waals surface area contributed by atoms with Gasteiger partial charge in [0.25, 0.3) is 0 Å². The zero-order chi connectivity index (χ0) is 16.1. The first kappa shape index (κ1) is 15.9. The Labute approximate surface area is 130 Å². The number of thioether (sulfide) groups is 1. The molecule has 1 unspecified atom stereocenters. The molecule has 0 fully saturated rings. The number of pyridine rings is 1. The van der Waals surface area contributed by atoms with Crippen molar-refractivity contribution in [2.75, 3.05) is 5.32 Å². The van der Waals surface area contributed by atoms with E-state index in [-0.39, 0.29) is 11.6 Å². The number of hydrogen-bond donors (Lipinski definition) is 1. The maximum Gasteiger partial charge on any atom is 0.237 e. The molecular formula is C15H11F2N3OS. The molecule has 1 aromatic heterocycles. The van der Waals surface area contributed by atoms with Crippen LogP contribution in [0.4, 0.5) is 14.5 Å². The van der Waals surface area contributed by atoms with Crippen LogP contribution in [0.1, 0.15) is 12.5 Å². The fraction of sp³-hybridized carbons (Fsp3) is 0.133. The molecule has 0 saturated heterocycles. The molecule has 0 aliphatic heterocycles. The van der Waals surface area contributed by atoms with E-state index in [9.17, 15) is 13.6 Å². The number of aromatic nitrogens is 1. The van der Waals surface area contributed by atoms with E-state index < -0.39 is 16.9 Å². The number of nitriles is 1. The molecule has 1 atom stereocenters. The molecule has 22 heavy (non-hydrogen) atoms. The molecule has 0 bridgehead atoms. The molecule has 0 aliphatic rings. The predicted octanol–water partition coefficient (Wildman–Crippen LogP) is 3.35. The second-order valence-corrected chi connectivity index (χ2v) is 5.73. The maximum atomic E-state index is 13.1. The minimum Gasteiger partial charge on any atom is -0.325 e. The summed E-state index contributed by atoms with van der Waals surface area (Å²) in [5.41, 5.74) is 0.626. The monoisotopic (exact) mass is 319 g/mol. The summed E-state index contributed by atoms with van der Waals surface area (Å²) in [6, 6.07) is 8.27. The van der Waals surface area contributed by atoms with Gasteiger partial charge in [-0.1, -0.05) is 11.8 Å². The van der Waals surface area contributed by atoms with Crippen LogP contribution in [0.25, 0.3) is 0 Å². The number of halogens is 2. The molecule has 0 aliphatic carbocycles. The first-order chi connectivity index (χ1) is 10.5. The molecule has 1 aromatic carbocycles. The van der Waals surface area contributed by atoms with Gasteiger partial charge in [0.05, 0.1) is 21.9 Å². The van der Waals surface area contributed by atoms with Gasteiger partial charge in [0.15, 0.2) is 11.6 Å². The van der Waals surface area contributed by atoms with Crippen molar-refractivity contribution in [1.29, 1.82) is 5.26 Å². The van der Waals surface area contributed by atoms with Gasteiger partial charge in [-0.15, -0.1) is 0 Å². The lowest BCUT2D eigenvalue weighted by molar-refractivity contribution is -0.115. The van der Waals surface area contributed by atoms with Crippen LogP contribution in [-0.2, 0) is 4.79 Å². The highest BCUT2D eigenvalue weighted by molar-refractivity contribution is 8.00. The number of carbonyl (C=O) groups is 1. The molecule has 0 spiro atoms. The van der Waals surface area contributed by atoms with Crippen LogP contribution in [0.15, 0.2) is 41.6 Å². The Morgan fingerprint density at radius 1 is 1.32 bits per heavy atom. The van der Waals surface area contributed by atoms with E-state index in [0.29, 0.717) is 10.6 Å². The highest BCUT2D eigenvalue weighted by atomic mass is 32.2. The Balaban J connectivity index is 2.02. The molecule has 1 heterocycles. The minimum absolute atomic E-state index is 0.176. The summed E-state index contributed by atoms with van der Waals surface area (Å²) >= 11 is 1.17. The minimum atomic E-state index is -1.03. The SMILES string of the molecule is CC(Sc1cc(C#N)ccn1)C(=O)Nc1ccc(F)c(F)c1. The average Bonchev–Trinajstić information content (AvgIpc) is 2.51. The van der Waals surface area contributed by atoms with Gasteiger partial charge in [-0.3, -0.25) is 4.79 Å². The fourth-order valence-electron chi connectivity index (χ4n) is 1.60. The van der Waals surface area contributed by atoms with Crippen LogP contribution >= 0.6 is 11.8 Å². The quantitative estimate of drug-likeness (QED) is 0.878. The number of rotatable bonds is 4. The van der Waals surface area contributed by atoms with Gasteiger partial charge >= 0.3 is 0 Å². The molecular weight excluding hydrogens is 308 g/mol. The van der Waals surface area contributed by atoms with Crippen LogP contribution in [0.3, 0.4) is 0 Å². The van der Waals surface area contributed by atoms with Gasteiger partial charge < -0.3 is 5.32 Å². The van der Waals surface area contributed by atoms with Gasteiger partial charge in [-0.2, -0.15) is 5.26 Å². The van der Waals surface area contributed by atoms with Crippen LogP contribution in [0.2, 0.25) is 0 Å². The molecule has 4 nitrogen and oxygen atoms in total. The third-order valence-corrected chi connectivity index (χ3v) is 3.75. The average molecular weight is 319 g/mol. The van der Waals surface area contributed by atoms with Crippen LogP contribution < -0.4 is 5.32 Å². The summed E-state index contributed by atoms with van der Waals surface area (Å²) in [5.74, 6) is -2.38. The molecule has 112 valence electrons.